The summed E-state index contributed by atoms with van der Waals surface area (Å²) < 4.78 is 12.8. The number of aromatic nitrogens is 3. The van der Waals surface area contributed by atoms with Gasteiger partial charge in [0.25, 0.3) is 5.69 Å². The number of fused-ring (bicyclic) bond motifs is 1. The number of amides is 1. The van der Waals surface area contributed by atoms with Crippen LogP contribution in [0.3, 0.4) is 0 Å². The van der Waals surface area contributed by atoms with Crippen molar-refractivity contribution in [2.24, 2.45) is 0 Å². The molecule has 1 amide bonds. The Morgan fingerprint density at radius 1 is 1.03 bits per heavy atom. The van der Waals surface area contributed by atoms with Gasteiger partial charge < -0.3 is 14.8 Å². The Hall–Kier alpha value is -4.38. The largest absolute Gasteiger partial charge is 0.454 e. The first-order valence-corrected chi connectivity index (χ1v) is 11.6. The number of thioether (sulfide) groups is 1. The van der Waals surface area contributed by atoms with E-state index in [4.69, 9.17) is 9.47 Å². The maximum absolute atomic E-state index is 12.6. The van der Waals surface area contributed by atoms with Crippen LogP contribution in [-0.4, -0.2) is 38.1 Å². The predicted molar refractivity (Wildman–Crippen MR) is 130 cm³/mol. The van der Waals surface area contributed by atoms with Gasteiger partial charge in [0.1, 0.15) is 0 Å². The van der Waals surface area contributed by atoms with E-state index in [1.807, 2.05) is 53.1 Å². The molecular formula is C24H19N5O5S. The summed E-state index contributed by atoms with van der Waals surface area (Å²) in [6, 6.07) is 21.2. The fourth-order valence-electron chi connectivity index (χ4n) is 3.59. The average Bonchev–Trinajstić information content (AvgIpc) is 3.50. The summed E-state index contributed by atoms with van der Waals surface area (Å²) in [5, 5.41) is 22.9. The number of anilines is 1. The van der Waals surface area contributed by atoms with E-state index in [0.29, 0.717) is 34.7 Å². The molecule has 0 radical (unpaired) electrons. The van der Waals surface area contributed by atoms with Gasteiger partial charge in [-0.2, -0.15) is 0 Å². The Labute approximate surface area is 204 Å². The highest BCUT2D eigenvalue weighted by atomic mass is 32.2. The molecule has 176 valence electrons. The molecule has 0 saturated heterocycles. The number of benzene rings is 3. The number of nitro groups is 1. The van der Waals surface area contributed by atoms with Gasteiger partial charge in [0.2, 0.25) is 12.7 Å². The summed E-state index contributed by atoms with van der Waals surface area (Å²) in [6.07, 6.45) is 0. The van der Waals surface area contributed by atoms with Crippen molar-refractivity contribution in [2.45, 2.75) is 11.7 Å². The van der Waals surface area contributed by atoms with Gasteiger partial charge in [-0.25, -0.2) is 0 Å². The number of carbonyl (C=O) groups is 1. The molecule has 1 aliphatic rings. The molecule has 35 heavy (non-hydrogen) atoms. The van der Waals surface area contributed by atoms with E-state index in [0.717, 1.165) is 11.1 Å². The molecule has 0 bridgehead atoms. The molecule has 0 atom stereocenters. The lowest BCUT2D eigenvalue weighted by molar-refractivity contribution is -0.384. The van der Waals surface area contributed by atoms with E-state index in [2.05, 4.69) is 15.5 Å². The molecule has 0 saturated carbocycles. The second-order valence-electron chi connectivity index (χ2n) is 7.59. The lowest BCUT2D eigenvalue weighted by Crippen LogP contribution is -2.15. The summed E-state index contributed by atoms with van der Waals surface area (Å²) in [7, 11) is 0. The highest BCUT2D eigenvalue weighted by Crippen LogP contribution is 2.33. The van der Waals surface area contributed by atoms with Crippen LogP contribution >= 0.6 is 11.8 Å². The maximum Gasteiger partial charge on any atom is 0.271 e. The van der Waals surface area contributed by atoms with Crippen LogP contribution < -0.4 is 14.8 Å². The molecular weight excluding hydrogens is 470 g/mol. The Morgan fingerprint density at radius 3 is 2.69 bits per heavy atom. The quantitative estimate of drug-likeness (QED) is 0.220. The highest BCUT2D eigenvalue weighted by molar-refractivity contribution is 7.99. The first kappa shape index (κ1) is 22.4. The minimum Gasteiger partial charge on any atom is -0.454 e. The minimum atomic E-state index is -0.506. The number of nitro benzene ring substituents is 1. The van der Waals surface area contributed by atoms with Crippen LogP contribution in [0.25, 0.3) is 11.4 Å². The molecule has 4 aromatic rings. The average molecular weight is 490 g/mol. The molecule has 1 aromatic heterocycles. The van der Waals surface area contributed by atoms with Crippen LogP contribution in [-0.2, 0) is 11.3 Å². The zero-order valence-corrected chi connectivity index (χ0v) is 19.1. The van der Waals surface area contributed by atoms with E-state index < -0.39 is 4.92 Å². The highest BCUT2D eigenvalue weighted by Gasteiger charge is 2.19. The maximum atomic E-state index is 12.6. The van der Waals surface area contributed by atoms with Gasteiger partial charge >= 0.3 is 0 Å². The van der Waals surface area contributed by atoms with E-state index in [9.17, 15) is 14.9 Å². The van der Waals surface area contributed by atoms with E-state index >= 15 is 0 Å². The minimum absolute atomic E-state index is 0.0523. The van der Waals surface area contributed by atoms with Gasteiger partial charge in [0.15, 0.2) is 22.5 Å². The number of nitrogens with zero attached hydrogens (tertiary/aromatic N) is 4. The van der Waals surface area contributed by atoms with Crippen molar-refractivity contribution in [3.8, 4) is 22.9 Å². The molecule has 11 heteroatoms. The smallest absolute Gasteiger partial charge is 0.271 e. The molecule has 0 unspecified atom stereocenters. The van der Waals surface area contributed by atoms with Crippen LogP contribution in [0.5, 0.6) is 11.5 Å². The fraction of sp³-hybridized carbons (Fsp3) is 0.125. The van der Waals surface area contributed by atoms with Gasteiger partial charge in [-0.1, -0.05) is 54.2 Å². The number of carbonyl (C=O) groups excluding carboxylic acids is 1. The number of ether oxygens (including phenoxy) is 2. The molecule has 3 aromatic carbocycles. The fourth-order valence-corrected chi connectivity index (χ4v) is 4.32. The van der Waals surface area contributed by atoms with Gasteiger partial charge in [-0.15, -0.1) is 10.2 Å². The van der Waals surface area contributed by atoms with Crippen molar-refractivity contribution in [1.29, 1.82) is 0 Å². The van der Waals surface area contributed by atoms with Crippen LogP contribution in [0, 0.1) is 10.1 Å². The molecule has 10 nitrogen and oxygen atoms in total. The van der Waals surface area contributed by atoms with Crippen LogP contribution in [0.15, 0.2) is 78.0 Å². The van der Waals surface area contributed by atoms with Crippen LogP contribution in [0.4, 0.5) is 11.4 Å². The number of rotatable bonds is 8. The number of nitrogens with one attached hydrogen (secondary N) is 1. The number of non-ortho nitro benzene ring substituents is 1. The zero-order chi connectivity index (χ0) is 24.2. The van der Waals surface area contributed by atoms with E-state index in [1.54, 1.807) is 6.07 Å². The molecule has 1 N–H and O–H groups in total. The van der Waals surface area contributed by atoms with Gasteiger partial charge in [-0.3, -0.25) is 19.5 Å². The Balaban J connectivity index is 1.35. The van der Waals surface area contributed by atoms with Gasteiger partial charge in [-0.05, 0) is 23.8 Å². The zero-order valence-electron chi connectivity index (χ0n) is 18.3. The second-order valence-corrected chi connectivity index (χ2v) is 8.53. The lowest BCUT2D eigenvalue weighted by atomic mass is 10.2. The summed E-state index contributed by atoms with van der Waals surface area (Å²) in [5.41, 5.74) is 2.13. The van der Waals surface area contributed by atoms with Crippen LogP contribution in [0.2, 0.25) is 0 Å². The first-order chi connectivity index (χ1) is 17.1. The standard InChI is InChI=1S/C24H19N5O5S/c30-22(25-18-7-4-8-19(12-18)29(31)32)14-35-24-27-26-23(17-5-2-1-3-6-17)28(24)13-16-9-10-20-21(11-16)34-15-33-20/h1-12H,13-15H2,(H,25,30). The van der Waals surface area contributed by atoms with Crippen LogP contribution in [0.1, 0.15) is 5.56 Å². The predicted octanol–water partition coefficient (Wildman–Crippen LogP) is 4.36. The van der Waals surface area contributed by atoms with Gasteiger partial charge in [0, 0.05) is 23.4 Å². The number of hydrogen-bond donors (Lipinski definition) is 1. The topological polar surface area (TPSA) is 121 Å². The summed E-state index contributed by atoms with van der Waals surface area (Å²) in [5.74, 6) is 1.80. The third kappa shape index (κ3) is 5.09. The third-order valence-corrected chi connectivity index (χ3v) is 6.17. The van der Waals surface area contributed by atoms with Crippen molar-refractivity contribution < 1.29 is 19.2 Å². The van der Waals surface area contributed by atoms with Crippen molar-refractivity contribution in [2.75, 3.05) is 17.9 Å². The summed E-state index contributed by atoms with van der Waals surface area (Å²) >= 11 is 1.23. The Morgan fingerprint density at radius 2 is 1.86 bits per heavy atom. The monoisotopic (exact) mass is 489 g/mol. The van der Waals surface area contributed by atoms with Crippen molar-refractivity contribution in [1.82, 2.24) is 14.8 Å². The molecule has 5 rings (SSSR count). The van der Waals surface area contributed by atoms with E-state index in [-0.39, 0.29) is 24.1 Å². The normalized spacial score (nSPS) is 11.9. The molecule has 0 spiro atoms. The van der Waals surface area contributed by atoms with Crippen molar-refractivity contribution in [3.63, 3.8) is 0 Å². The Kier molecular flexibility index (Phi) is 6.31. The summed E-state index contributed by atoms with van der Waals surface area (Å²) in [4.78, 5) is 23.0. The second kappa shape index (κ2) is 9.85. The first-order valence-electron chi connectivity index (χ1n) is 10.6. The van der Waals surface area contributed by atoms with Gasteiger partial charge in [0.05, 0.1) is 17.2 Å². The lowest BCUT2D eigenvalue weighted by Gasteiger charge is -2.11. The summed E-state index contributed by atoms with van der Waals surface area (Å²) in [6.45, 7) is 0.657. The molecule has 0 fully saturated rings. The van der Waals surface area contributed by atoms with Crippen molar-refractivity contribution in [3.05, 3.63) is 88.5 Å². The third-order valence-electron chi connectivity index (χ3n) is 5.20. The molecule has 2 heterocycles. The van der Waals surface area contributed by atoms with E-state index in [1.165, 1.54) is 30.0 Å². The SMILES string of the molecule is O=C(CSc1nnc(-c2ccccc2)n1Cc1ccc2c(c1)OCO2)Nc1cccc([N+](=O)[O-])c1. The molecule has 0 aliphatic carbocycles. The Bertz CT molecular complexity index is 1390. The number of hydrogen-bond acceptors (Lipinski definition) is 8. The molecule has 1 aliphatic heterocycles. The van der Waals surface area contributed by atoms with Crippen molar-refractivity contribution >= 4 is 29.0 Å².